The molecular formula is C71H46N2O2. The molecular weight excluding hydrogens is 913 g/mol. The van der Waals surface area contributed by atoms with Crippen molar-refractivity contribution in [3.05, 3.63) is 301 Å². The van der Waals surface area contributed by atoms with E-state index < -0.39 is 5.41 Å². The van der Waals surface area contributed by atoms with Crippen LogP contribution in [0, 0.1) is 0 Å². The molecule has 352 valence electrons. The highest BCUT2D eigenvalue weighted by Crippen LogP contribution is 2.63. The molecule has 1 aliphatic heterocycles. The highest BCUT2D eigenvalue weighted by molar-refractivity contribution is 6.19. The number of ether oxygens (including phenoxy) is 1. The summed E-state index contributed by atoms with van der Waals surface area (Å²) in [5.41, 5.74) is 19.4. The van der Waals surface area contributed by atoms with E-state index in [1.807, 2.05) is 0 Å². The Hall–Kier alpha value is -9.90. The number of para-hydroxylation sites is 4. The van der Waals surface area contributed by atoms with Crippen molar-refractivity contribution in [2.24, 2.45) is 0 Å². The van der Waals surface area contributed by atoms with Gasteiger partial charge in [-0.1, -0.05) is 188 Å². The summed E-state index contributed by atoms with van der Waals surface area (Å²) in [6, 6.07) is 100. The molecule has 0 saturated heterocycles. The molecule has 2 aliphatic rings. The van der Waals surface area contributed by atoms with Crippen LogP contribution in [-0.2, 0) is 5.41 Å². The van der Waals surface area contributed by atoms with Gasteiger partial charge in [0, 0.05) is 50.3 Å². The average molecular weight is 959 g/mol. The van der Waals surface area contributed by atoms with Crippen LogP contribution in [0.4, 0.5) is 34.1 Å². The third kappa shape index (κ3) is 6.70. The number of nitrogens with zero attached hydrogens (tertiary/aromatic N) is 2. The largest absolute Gasteiger partial charge is 0.457 e. The van der Waals surface area contributed by atoms with Crippen LogP contribution in [0.2, 0.25) is 0 Å². The first-order valence-corrected chi connectivity index (χ1v) is 25.6. The van der Waals surface area contributed by atoms with Gasteiger partial charge in [0.15, 0.2) is 0 Å². The van der Waals surface area contributed by atoms with Crippen molar-refractivity contribution in [3.8, 4) is 44.9 Å². The van der Waals surface area contributed by atoms with E-state index in [0.29, 0.717) is 0 Å². The summed E-state index contributed by atoms with van der Waals surface area (Å²) in [6.07, 6.45) is 0. The molecule has 15 rings (SSSR count). The van der Waals surface area contributed by atoms with Gasteiger partial charge >= 0.3 is 0 Å². The molecule has 0 unspecified atom stereocenters. The number of hydrogen-bond donors (Lipinski definition) is 0. The second-order valence-electron chi connectivity index (χ2n) is 19.5. The molecule has 0 N–H and O–H groups in total. The van der Waals surface area contributed by atoms with Crippen molar-refractivity contribution in [2.75, 3.05) is 9.80 Å². The van der Waals surface area contributed by atoms with Gasteiger partial charge in [-0.2, -0.15) is 0 Å². The zero-order valence-electron chi connectivity index (χ0n) is 40.8. The fourth-order valence-electron chi connectivity index (χ4n) is 12.2. The van der Waals surface area contributed by atoms with Crippen molar-refractivity contribution in [1.82, 2.24) is 0 Å². The lowest BCUT2D eigenvalue weighted by Crippen LogP contribution is -2.32. The first-order chi connectivity index (χ1) is 37.2. The van der Waals surface area contributed by atoms with Crippen LogP contribution in [-0.4, -0.2) is 0 Å². The predicted molar refractivity (Wildman–Crippen MR) is 309 cm³/mol. The van der Waals surface area contributed by atoms with Gasteiger partial charge in [0.25, 0.3) is 0 Å². The minimum Gasteiger partial charge on any atom is -0.457 e. The summed E-state index contributed by atoms with van der Waals surface area (Å²) < 4.78 is 13.6. The minimum atomic E-state index is -0.616. The maximum atomic E-state index is 6.84. The number of furan rings is 1. The molecule has 4 heteroatoms. The number of benzene rings is 12. The smallest absolute Gasteiger partial charge is 0.143 e. The fourth-order valence-corrected chi connectivity index (χ4v) is 12.2. The number of fused-ring (bicyclic) bond motifs is 14. The molecule has 0 amide bonds. The van der Waals surface area contributed by atoms with Crippen LogP contribution in [0.1, 0.15) is 22.3 Å². The van der Waals surface area contributed by atoms with Crippen molar-refractivity contribution in [2.45, 2.75) is 5.41 Å². The maximum Gasteiger partial charge on any atom is 0.143 e. The van der Waals surface area contributed by atoms with Crippen LogP contribution in [0.25, 0.3) is 66.1 Å². The Morgan fingerprint density at radius 2 is 0.800 bits per heavy atom. The summed E-state index contributed by atoms with van der Waals surface area (Å²) in [5.74, 6) is 1.75. The highest BCUT2D eigenvalue weighted by Gasteiger charge is 2.51. The SMILES string of the molecule is c1ccc(N(c2ccccc2)c2ccc(-c3ccc(-c4ccc(N(c5ccc6c(c5)C5(c7ccccc7Oc7ccccc75)c5ccccc5-6)c5cccc6oc7c8ccccc8ccc7c56)cc4)cc3)cc2)cc1. The van der Waals surface area contributed by atoms with Gasteiger partial charge in [0.05, 0.1) is 16.5 Å². The standard InChI is InChI=1S/C71H46N2O2/c1-3-17-52(18-4-1)72(53-19-5-2-6-20-53)54-39-34-49(35-40-54)47-30-32-48(33-31-47)50-36-41-55(42-37-50)73(65-26-15-29-68-69(65)60-44-38-51-16-7-8-21-57(51)70(60)75-68)56-43-45-59-58-22-9-10-23-61(58)71(64(59)46-56)62-24-11-13-27-66(62)74-67-28-14-12-25-63(67)71/h1-46H. The lowest BCUT2D eigenvalue weighted by Gasteiger charge is -2.39. The molecule has 0 fully saturated rings. The van der Waals surface area contributed by atoms with Crippen LogP contribution < -0.4 is 14.5 Å². The molecule has 13 aromatic rings. The van der Waals surface area contributed by atoms with Gasteiger partial charge in [-0.25, -0.2) is 0 Å². The lowest BCUT2D eigenvalue weighted by atomic mass is 9.66. The van der Waals surface area contributed by atoms with E-state index in [1.165, 1.54) is 33.4 Å². The average Bonchev–Trinajstić information content (AvgIpc) is 4.23. The van der Waals surface area contributed by atoms with E-state index in [9.17, 15) is 0 Å². The van der Waals surface area contributed by atoms with Gasteiger partial charge in [-0.3, -0.25) is 0 Å². The second-order valence-corrected chi connectivity index (χ2v) is 19.5. The van der Waals surface area contributed by atoms with E-state index in [2.05, 4.69) is 289 Å². The van der Waals surface area contributed by atoms with Gasteiger partial charge in [0.1, 0.15) is 22.7 Å². The third-order valence-electron chi connectivity index (χ3n) is 15.5. The van der Waals surface area contributed by atoms with Crippen molar-refractivity contribution >= 4 is 66.8 Å². The number of hydrogen-bond acceptors (Lipinski definition) is 4. The second kappa shape index (κ2) is 17.1. The number of rotatable bonds is 8. The van der Waals surface area contributed by atoms with E-state index in [1.54, 1.807) is 0 Å². The molecule has 4 nitrogen and oxygen atoms in total. The molecule has 1 spiro atoms. The van der Waals surface area contributed by atoms with Crippen LogP contribution in [0.15, 0.2) is 283 Å². The molecule has 1 aromatic heterocycles. The zero-order valence-corrected chi connectivity index (χ0v) is 40.8. The topological polar surface area (TPSA) is 28.9 Å². The lowest BCUT2D eigenvalue weighted by molar-refractivity contribution is 0.436. The Labute approximate surface area is 435 Å². The van der Waals surface area contributed by atoms with E-state index in [-0.39, 0.29) is 0 Å². The van der Waals surface area contributed by atoms with Gasteiger partial charge in [-0.05, 0) is 141 Å². The van der Waals surface area contributed by atoms with Crippen LogP contribution in [0.5, 0.6) is 11.5 Å². The quantitative estimate of drug-likeness (QED) is 0.152. The molecule has 1 aliphatic carbocycles. The normalized spacial score (nSPS) is 12.7. The summed E-state index contributed by atoms with van der Waals surface area (Å²) in [6.45, 7) is 0. The summed E-state index contributed by atoms with van der Waals surface area (Å²) in [7, 11) is 0. The Kier molecular flexibility index (Phi) is 9.76. The van der Waals surface area contributed by atoms with E-state index in [0.717, 1.165) is 101 Å². The monoisotopic (exact) mass is 958 g/mol. The molecule has 0 saturated carbocycles. The molecule has 0 atom stereocenters. The van der Waals surface area contributed by atoms with E-state index >= 15 is 0 Å². The molecule has 2 heterocycles. The minimum absolute atomic E-state index is 0.616. The van der Waals surface area contributed by atoms with E-state index in [4.69, 9.17) is 9.15 Å². The summed E-state index contributed by atoms with van der Waals surface area (Å²) in [4.78, 5) is 4.72. The van der Waals surface area contributed by atoms with Gasteiger partial charge < -0.3 is 19.0 Å². The molecule has 0 radical (unpaired) electrons. The first kappa shape index (κ1) is 42.8. The van der Waals surface area contributed by atoms with Crippen molar-refractivity contribution in [1.29, 1.82) is 0 Å². The number of anilines is 6. The molecule has 0 bridgehead atoms. The van der Waals surface area contributed by atoms with Gasteiger partial charge in [-0.15, -0.1) is 0 Å². The Morgan fingerprint density at radius 1 is 0.307 bits per heavy atom. The highest BCUT2D eigenvalue weighted by atomic mass is 16.5. The zero-order chi connectivity index (χ0) is 49.5. The third-order valence-corrected chi connectivity index (χ3v) is 15.5. The Morgan fingerprint density at radius 3 is 1.44 bits per heavy atom. The molecule has 75 heavy (non-hydrogen) atoms. The van der Waals surface area contributed by atoms with Crippen LogP contribution in [0.3, 0.4) is 0 Å². The Bertz CT molecular complexity index is 4230. The summed E-state index contributed by atoms with van der Waals surface area (Å²) in [5, 5.41) is 4.40. The molecule has 12 aromatic carbocycles. The Balaban J connectivity index is 0.848. The van der Waals surface area contributed by atoms with Crippen molar-refractivity contribution in [3.63, 3.8) is 0 Å². The first-order valence-electron chi connectivity index (χ1n) is 25.6. The van der Waals surface area contributed by atoms with Crippen LogP contribution >= 0.6 is 0 Å². The van der Waals surface area contributed by atoms with Crippen molar-refractivity contribution < 1.29 is 9.15 Å². The van der Waals surface area contributed by atoms with Gasteiger partial charge in [0.2, 0.25) is 0 Å². The fraction of sp³-hybridized carbons (Fsp3) is 0.0141. The summed E-state index contributed by atoms with van der Waals surface area (Å²) >= 11 is 0. The predicted octanol–water partition coefficient (Wildman–Crippen LogP) is 19.5. The maximum absolute atomic E-state index is 6.84.